The molecule has 1 fully saturated rings. The van der Waals surface area contributed by atoms with Gasteiger partial charge in [-0.15, -0.1) is 0 Å². The molecular formula is C15H22N2O3. The molecular weight excluding hydrogens is 256 g/mol. The quantitative estimate of drug-likeness (QED) is 0.824. The van der Waals surface area contributed by atoms with E-state index in [2.05, 4.69) is 10.6 Å². The zero-order valence-electron chi connectivity index (χ0n) is 12.0. The van der Waals surface area contributed by atoms with Gasteiger partial charge in [0.2, 0.25) is 5.91 Å². The fraction of sp³-hybridized carbons (Fsp3) is 0.533. The number of benzene rings is 1. The average molecular weight is 278 g/mol. The molecule has 1 amide bonds. The minimum Gasteiger partial charge on any atom is -0.493 e. The first-order valence-corrected chi connectivity index (χ1v) is 7.01. The molecule has 1 aliphatic heterocycles. The van der Waals surface area contributed by atoms with Gasteiger partial charge < -0.3 is 20.1 Å². The van der Waals surface area contributed by atoms with Gasteiger partial charge >= 0.3 is 0 Å². The molecule has 2 unspecified atom stereocenters. The molecule has 0 spiro atoms. The second-order valence-electron chi connectivity index (χ2n) is 4.97. The van der Waals surface area contributed by atoms with Gasteiger partial charge in [-0.1, -0.05) is 12.1 Å². The van der Waals surface area contributed by atoms with Crippen LogP contribution in [0.25, 0.3) is 0 Å². The van der Waals surface area contributed by atoms with Crippen molar-refractivity contribution in [2.45, 2.75) is 31.9 Å². The van der Waals surface area contributed by atoms with Gasteiger partial charge in [0.1, 0.15) is 6.10 Å². The van der Waals surface area contributed by atoms with Crippen molar-refractivity contribution >= 4 is 5.91 Å². The summed E-state index contributed by atoms with van der Waals surface area (Å²) in [4.78, 5) is 11.9. The molecule has 110 valence electrons. The molecule has 0 bridgehead atoms. The van der Waals surface area contributed by atoms with Gasteiger partial charge in [0, 0.05) is 0 Å². The van der Waals surface area contributed by atoms with Gasteiger partial charge in [0.25, 0.3) is 0 Å². The summed E-state index contributed by atoms with van der Waals surface area (Å²) in [6, 6.07) is 7.45. The first-order chi connectivity index (χ1) is 9.70. The van der Waals surface area contributed by atoms with E-state index >= 15 is 0 Å². The summed E-state index contributed by atoms with van der Waals surface area (Å²) in [6.45, 7) is 3.33. The third-order valence-electron chi connectivity index (χ3n) is 3.34. The second kappa shape index (κ2) is 7.14. The van der Waals surface area contributed by atoms with Crippen LogP contribution in [0.5, 0.6) is 11.5 Å². The summed E-state index contributed by atoms with van der Waals surface area (Å²) in [6.07, 6.45) is 1.86. The van der Waals surface area contributed by atoms with E-state index in [1.807, 2.05) is 31.2 Å². The lowest BCUT2D eigenvalue weighted by atomic mass is 10.2. The Morgan fingerprint density at radius 1 is 1.45 bits per heavy atom. The molecule has 2 N–H and O–H groups in total. The highest BCUT2D eigenvalue weighted by Crippen LogP contribution is 2.26. The van der Waals surface area contributed by atoms with Crippen LogP contribution in [-0.2, 0) is 4.79 Å². The topological polar surface area (TPSA) is 59.6 Å². The van der Waals surface area contributed by atoms with E-state index in [0.29, 0.717) is 18.0 Å². The SMILES string of the molecule is COc1ccccc1OC(C)CNC(=O)C1CCCN1. The monoisotopic (exact) mass is 278 g/mol. The first-order valence-electron chi connectivity index (χ1n) is 7.01. The van der Waals surface area contributed by atoms with Gasteiger partial charge in [-0.3, -0.25) is 4.79 Å². The zero-order chi connectivity index (χ0) is 14.4. The molecule has 2 atom stereocenters. The number of rotatable bonds is 6. The van der Waals surface area contributed by atoms with Crippen LogP contribution in [0, 0.1) is 0 Å². The number of ether oxygens (including phenoxy) is 2. The van der Waals surface area contributed by atoms with Crippen molar-refractivity contribution in [3.8, 4) is 11.5 Å². The van der Waals surface area contributed by atoms with Gasteiger partial charge in [-0.2, -0.15) is 0 Å². The standard InChI is InChI=1S/C15H22N2O3/c1-11(10-17-15(18)12-6-5-9-16-12)20-14-8-4-3-7-13(14)19-2/h3-4,7-8,11-12,16H,5-6,9-10H2,1-2H3,(H,17,18). The highest BCUT2D eigenvalue weighted by Gasteiger charge is 2.22. The number of para-hydroxylation sites is 2. The zero-order valence-corrected chi connectivity index (χ0v) is 12.0. The molecule has 0 saturated carbocycles. The van der Waals surface area contributed by atoms with Crippen molar-refractivity contribution in [1.82, 2.24) is 10.6 Å². The van der Waals surface area contributed by atoms with Gasteiger partial charge in [0.05, 0.1) is 19.7 Å². The summed E-state index contributed by atoms with van der Waals surface area (Å²) < 4.78 is 11.0. The van der Waals surface area contributed by atoms with E-state index in [0.717, 1.165) is 19.4 Å². The van der Waals surface area contributed by atoms with Gasteiger partial charge in [-0.25, -0.2) is 0 Å². The van der Waals surface area contributed by atoms with Gasteiger partial charge in [-0.05, 0) is 38.4 Å². The van der Waals surface area contributed by atoms with E-state index < -0.39 is 0 Å². The smallest absolute Gasteiger partial charge is 0.237 e. The fourth-order valence-corrected chi connectivity index (χ4v) is 2.25. The minimum atomic E-state index is -0.114. The normalized spacial score (nSPS) is 19.4. The maximum atomic E-state index is 11.9. The molecule has 2 rings (SSSR count). The molecule has 0 aliphatic carbocycles. The Kier molecular flexibility index (Phi) is 5.24. The number of hydrogen-bond donors (Lipinski definition) is 2. The number of carbonyl (C=O) groups is 1. The molecule has 1 heterocycles. The molecule has 1 saturated heterocycles. The van der Waals surface area contributed by atoms with Crippen molar-refractivity contribution in [3.05, 3.63) is 24.3 Å². The van der Waals surface area contributed by atoms with E-state index in [1.165, 1.54) is 0 Å². The average Bonchev–Trinajstić information content (AvgIpc) is 2.99. The largest absolute Gasteiger partial charge is 0.493 e. The molecule has 20 heavy (non-hydrogen) atoms. The predicted octanol–water partition coefficient (Wildman–Crippen LogP) is 1.33. The van der Waals surface area contributed by atoms with Crippen LogP contribution in [0.3, 0.4) is 0 Å². The van der Waals surface area contributed by atoms with Crippen LogP contribution in [0.2, 0.25) is 0 Å². The van der Waals surface area contributed by atoms with E-state index in [1.54, 1.807) is 7.11 Å². The molecule has 1 aliphatic rings. The summed E-state index contributed by atoms with van der Waals surface area (Å²) in [5.41, 5.74) is 0. The maximum Gasteiger partial charge on any atom is 0.237 e. The minimum absolute atomic E-state index is 0.0477. The lowest BCUT2D eigenvalue weighted by Gasteiger charge is -2.18. The van der Waals surface area contributed by atoms with Crippen molar-refractivity contribution in [2.24, 2.45) is 0 Å². The Bertz CT molecular complexity index is 444. The Labute approximate surface area is 119 Å². The number of nitrogens with one attached hydrogen (secondary N) is 2. The summed E-state index contributed by atoms with van der Waals surface area (Å²) in [5.74, 6) is 1.44. The van der Waals surface area contributed by atoms with E-state index in [-0.39, 0.29) is 18.1 Å². The van der Waals surface area contributed by atoms with Crippen LogP contribution in [-0.4, -0.2) is 38.3 Å². The van der Waals surface area contributed by atoms with Crippen LogP contribution in [0.15, 0.2) is 24.3 Å². The predicted molar refractivity (Wildman–Crippen MR) is 77.1 cm³/mol. The van der Waals surface area contributed by atoms with E-state index in [9.17, 15) is 4.79 Å². The third kappa shape index (κ3) is 3.87. The van der Waals surface area contributed by atoms with Crippen molar-refractivity contribution in [2.75, 3.05) is 20.2 Å². The Balaban J connectivity index is 1.80. The third-order valence-corrected chi connectivity index (χ3v) is 3.34. The number of carbonyl (C=O) groups excluding carboxylic acids is 1. The van der Waals surface area contributed by atoms with Crippen molar-refractivity contribution in [3.63, 3.8) is 0 Å². The Morgan fingerprint density at radius 3 is 2.85 bits per heavy atom. The van der Waals surface area contributed by atoms with Crippen LogP contribution in [0.1, 0.15) is 19.8 Å². The van der Waals surface area contributed by atoms with Gasteiger partial charge in [0.15, 0.2) is 11.5 Å². The molecule has 1 aromatic carbocycles. The number of amides is 1. The lowest BCUT2D eigenvalue weighted by Crippen LogP contribution is -2.43. The Hall–Kier alpha value is -1.75. The molecule has 5 heteroatoms. The lowest BCUT2D eigenvalue weighted by molar-refractivity contribution is -0.123. The maximum absolute atomic E-state index is 11.9. The second-order valence-corrected chi connectivity index (χ2v) is 4.97. The van der Waals surface area contributed by atoms with E-state index in [4.69, 9.17) is 9.47 Å². The first kappa shape index (κ1) is 14.7. The summed E-state index contributed by atoms with van der Waals surface area (Å²) in [5, 5.41) is 6.09. The van der Waals surface area contributed by atoms with Crippen molar-refractivity contribution in [1.29, 1.82) is 0 Å². The molecule has 1 aromatic rings. The molecule has 0 radical (unpaired) electrons. The van der Waals surface area contributed by atoms with Crippen LogP contribution < -0.4 is 20.1 Å². The number of methoxy groups -OCH3 is 1. The molecule has 0 aromatic heterocycles. The highest BCUT2D eigenvalue weighted by molar-refractivity contribution is 5.82. The number of hydrogen-bond acceptors (Lipinski definition) is 4. The highest BCUT2D eigenvalue weighted by atomic mass is 16.5. The van der Waals surface area contributed by atoms with Crippen LogP contribution in [0.4, 0.5) is 0 Å². The molecule has 5 nitrogen and oxygen atoms in total. The summed E-state index contributed by atoms with van der Waals surface area (Å²) in [7, 11) is 1.61. The fourth-order valence-electron chi connectivity index (χ4n) is 2.25. The Morgan fingerprint density at radius 2 is 2.20 bits per heavy atom. The van der Waals surface area contributed by atoms with Crippen LogP contribution >= 0.6 is 0 Å². The van der Waals surface area contributed by atoms with Crippen molar-refractivity contribution < 1.29 is 14.3 Å². The summed E-state index contributed by atoms with van der Waals surface area (Å²) >= 11 is 0.